The van der Waals surface area contributed by atoms with Gasteiger partial charge in [0.05, 0.1) is 17.5 Å². The number of ketones is 1. The van der Waals surface area contributed by atoms with Crippen LogP contribution in [0.3, 0.4) is 0 Å². The van der Waals surface area contributed by atoms with E-state index in [9.17, 15) is 31.2 Å². The van der Waals surface area contributed by atoms with Crippen molar-refractivity contribution in [3.63, 3.8) is 0 Å². The lowest BCUT2D eigenvalue weighted by Crippen LogP contribution is -2.51. The van der Waals surface area contributed by atoms with E-state index < -0.39 is 54.6 Å². The SMILES string of the molecule is C=COC(=O)N1C=CN=C(c2ccc3c(c2)NC(C2C(=O)c4cccnc4N(CCC(C)C)C2=O)=NS3(=O)=O)S1(=O)=O. The van der Waals surface area contributed by atoms with Crippen LogP contribution in [0.2, 0.25) is 0 Å². The van der Waals surface area contributed by atoms with Gasteiger partial charge in [-0.1, -0.05) is 26.5 Å². The van der Waals surface area contributed by atoms with Crippen LogP contribution in [0.15, 0.2) is 76.1 Å². The van der Waals surface area contributed by atoms with Gasteiger partial charge < -0.3 is 10.1 Å². The number of nitrogens with zero attached hydrogens (tertiary/aromatic N) is 5. The molecule has 42 heavy (non-hydrogen) atoms. The second-order valence-corrected chi connectivity index (χ2v) is 13.0. The Labute approximate surface area is 241 Å². The second-order valence-electron chi connectivity index (χ2n) is 9.72. The number of carbonyl (C=O) groups excluding carboxylic acids is 3. The Bertz CT molecular complexity index is 1850. The van der Waals surface area contributed by atoms with E-state index in [1.165, 1.54) is 29.3 Å². The number of hydrogen-bond acceptors (Lipinski definition) is 11. The van der Waals surface area contributed by atoms with Gasteiger partial charge in [-0.2, -0.15) is 21.1 Å². The molecule has 1 unspecified atom stereocenters. The topological polar surface area (TPSA) is 185 Å². The molecule has 1 aromatic heterocycles. The molecular weight excluding hydrogens is 588 g/mol. The molecule has 3 aliphatic rings. The number of fused-ring (bicyclic) bond motifs is 2. The number of sulfonamides is 2. The quantitative estimate of drug-likeness (QED) is 0.376. The summed E-state index contributed by atoms with van der Waals surface area (Å²) in [4.78, 5) is 48.5. The van der Waals surface area contributed by atoms with E-state index >= 15 is 0 Å². The second kappa shape index (κ2) is 10.6. The predicted molar refractivity (Wildman–Crippen MR) is 152 cm³/mol. The van der Waals surface area contributed by atoms with E-state index in [0.717, 1.165) is 30.8 Å². The van der Waals surface area contributed by atoms with Crippen molar-refractivity contribution >= 4 is 60.2 Å². The number of aromatic nitrogens is 1. The van der Waals surface area contributed by atoms with Crippen molar-refractivity contribution < 1.29 is 36.0 Å². The summed E-state index contributed by atoms with van der Waals surface area (Å²) in [5, 5.41) is 2.17. The minimum atomic E-state index is -4.55. The van der Waals surface area contributed by atoms with Crippen LogP contribution in [0.4, 0.5) is 16.3 Å². The fourth-order valence-corrected chi connectivity index (χ4v) is 6.93. The number of anilines is 2. The maximum atomic E-state index is 13.7. The molecule has 0 radical (unpaired) electrons. The average molecular weight is 613 g/mol. The summed E-state index contributed by atoms with van der Waals surface area (Å²) in [7, 11) is -8.98. The lowest BCUT2D eigenvalue weighted by Gasteiger charge is -2.34. The maximum Gasteiger partial charge on any atom is 0.433 e. The van der Waals surface area contributed by atoms with E-state index in [2.05, 4.69) is 31.0 Å². The minimum absolute atomic E-state index is 0.0899. The number of hydrogen-bond donors (Lipinski definition) is 1. The normalized spacial score (nSPS) is 20.2. The van der Waals surface area contributed by atoms with Gasteiger partial charge in [-0.25, -0.2) is 14.8 Å². The smallest absolute Gasteiger partial charge is 0.418 e. The maximum absolute atomic E-state index is 13.7. The number of amides is 2. The van der Waals surface area contributed by atoms with Gasteiger partial charge in [-0.3, -0.25) is 14.5 Å². The van der Waals surface area contributed by atoms with Crippen molar-refractivity contribution in [2.75, 3.05) is 16.8 Å². The van der Waals surface area contributed by atoms with Crippen LogP contribution in [-0.2, 0) is 29.6 Å². The number of amidine groups is 1. The third-order valence-electron chi connectivity index (χ3n) is 6.53. The molecule has 5 rings (SSSR count). The highest BCUT2D eigenvalue weighted by Gasteiger charge is 2.45. The van der Waals surface area contributed by atoms with Crippen molar-refractivity contribution in [2.45, 2.75) is 25.2 Å². The molecule has 0 bridgehead atoms. The van der Waals surface area contributed by atoms with Gasteiger partial charge in [0.25, 0.3) is 20.0 Å². The Hall–Kier alpha value is -4.70. The van der Waals surface area contributed by atoms with Crippen LogP contribution in [0, 0.1) is 11.8 Å². The molecule has 218 valence electrons. The van der Waals surface area contributed by atoms with Gasteiger partial charge in [-0.05, 0) is 36.6 Å². The molecule has 0 spiro atoms. The van der Waals surface area contributed by atoms with Gasteiger partial charge in [0, 0.05) is 30.7 Å². The monoisotopic (exact) mass is 612 g/mol. The first kappa shape index (κ1) is 28.8. The van der Waals surface area contributed by atoms with Crippen LogP contribution in [0.1, 0.15) is 36.2 Å². The number of Topliss-reactive ketones (excluding diaryl/α,β-unsaturated/α-hetero) is 1. The van der Waals surface area contributed by atoms with Crippen molar-refractivity contribution in [1.82, 2.24) is 9.29 Å². The van der Waals surface area contributed by atoms with E-state index in [1.807, 2.05) is 13.8 Å². The highest BCUT2D eigenvalue weighted by atomic mass is 32.2. The molecule has 14 nitrogen and oxygen atoms in total. The third kappa shape index (κ3) is 4.87. The first-order valence-electron chi connectivity index (χ1n) is 12.5. The Kier molecular flexibility index (Phi) is 7.28. The number of nitrogens with one attached hydrogen (secondary N) is 1. The minimum Gasteiger partial charge on any atom is -0.418 e. The summed E-state index contributed by atoms with van der Waals surface area (Å²) in [5.74, 6) is -3.05. The lowest BCUT2D eigenvalue weighted by atomic mass is 9.90. The number of aliphatic imine (C=N–C) groups is 1. The number of rotatable bonds is 6. The van der Waals surface area contributed by atoms with Crippen LogP contribution in [-0.4, -0.2) is 61.3 Å². The summed E-state index contributed by atoms with van der Waals surface area (Å²) >= 11 is 0. The number of carbonyl (C=O) groups is 3. The van der Waals surface area contributed by atoms with Gasteiger partial charge >= 0.3 is 6.09 Å². The van der Waals surface area contributed by atoms with Gasteiger partial charge in [0.15, 0.2) is 16.7 Å². The molecule has 0 fully saturated rings. The van der Waals surface area contributed by atoms with E-state index in [0.29, 0.717) is 10.7 Å². The summed E-state index contributed by atoms with van der Waals surface area (Å²) in [6.45, 7) is 7.40. The first-order chi connectivity index (χ1) is 19.9. The molecule has 4 heterocycles. The largest absolute Gasteiger partial charge is 0.433 e. The summed E-state index contributed by atoms with van der Waals surface area (Å²) in [5.41, 5.74) is -0.0995. The molecule has 0 saturated carbocycles. The standard InChI is InChI=1S/C26H24N6O8S2/c1-4-40-26(35)32-13-11-28-24(42(32,38)39)16-7-8-19-18(14-16)29-22(30-41(19,36)37)20-21(33)17-6-5-10-27-23(17)31(25(20)34)12-9-15(2)3/h4-8,10-11,13-15,20H,1,9,12H2,2-3H3,(H,29,30). The zero-order valence-corrected chi connectivity index (χ0v) is 23.9. The zero-order chi connectivity index (χ0) is 30.4. The van der Waals surface area contributed by atoms with Gasteiger partial charge in [0.1, 0.15) is 16.5 Å². The number of benzene rings is 1. The fraction of sp³-hybridized carbons (Fsp3) is 0.231. The summed E-state index contributed by atoms with van der Waals surface area (Å²) in [6, 6.07) is 6.48. The number of pyridine rings is 1. The van der Waals surface area contributed by atoms with Crippen LogP contribution in [0.25, 0.3) is 0 Å². The first-order valence-corrected chi connectivity index (χ1v) is 15.4. The Balaban J connectivity index is 1.54. The van der Waals surface area contributed by atoms with Gasteiger partial charge in [0.2, 0.25) is 5.91 Å². The molecule has 1 atom stereocenters. The number of ether oxygens (including phenoxy) is 1. The average Bonchev–Trinajstić information content (AvgIpc) is 2.92. The highest BCUT2D eigenvalue weighted by Crippen LogP contribution is 2.35. The van der Waals surface area contributed by atoms with E-state index in [-0.39, 0.29) is 40.0 Å². The third-order valence-corrected chi connectivity index (χ3v) is 9.50. The zero-order valence-electron chi connectivity index (χ0n) is 22.3. The van der Waals surface area contributed by atoms with Crippen LogP contribution < -0.4 is 10.2 Å². The molecule has 0 aliphatic carbocycles. The molecule has 1 N–H and O–H groups in total. The van der Waals surface area contributed by atoms with Crippen molar-refractivity contribution in [2.24, 2.45) is 21.2 Å². The highest BCUT2D eigenvalue weighted by molar-refractivity contribution is 8.05. The molecule has 0 saturated heterocycles. The molecule has 16 heteroatoms. The molecule has 2 amide bonds. The predicted octanol–water partition coefficient (Wildman–Crippen LogP) is 2.63. The van der Waals surface area contributed by atoms with Gasteiger partial charge in [-0.15, -0.1) is 4.40 Å². The Morgan fingerprint density at radius 2 is 1.95 bits per heavy atom. The Morgan fingerprint density at radius 1 is 1.19 bits per heavy atom. The molecular formula is C26H24N6O8S2. The summed E-state index contributed by atoms with van der Waals surface area (Å²) < 4.78 is 61.3. The summed E-state index contributed by atoms with van der Waals surface area (Å²) in [6.07, 6.45) is 3.49. The van der Waals surface area contributed by atoms with E-state index in [4.69, 9.17) is 0 Å². The molecule has 2 aromatic rings. The lowest BCUT2D eigenvalue weighted by molar-refractivity contribution is -0.119. The van der Waals surface area contributed by atoms with Crippen LogP contribution in [0.5, 0.6) is 0 Å². The molecule has 1 aromatic carbocycles. The van der Waals surface area contributed by atoms with Crippen LogP contribution >= 0.6 is 0 Å². The Morgan fingerprint density at radius 3 is 2.67 bits per heavy atom. The van der Waals surface area contributed by atoms with Crippen molar-refractivity contribution in [3.8, 4) is 0 Å². The fourth-order valence-electron chi connectivity index (χ4n) is 4.53. The van der Waals surface area contributed by atoms with E-state index in [1.54, 1.807) is 0 Å². The van der Waals surface area contributed by atoms with Crippen molar-refractivity contribution in [3.05, 3.63) is 72.9 Å². The molecule has 3 aliphatic heterocycles. The van der Waals surface area contributed by atoms with Crippen molar-refractivity contribution in [1.29, 1.82) is 0 Å².